The molecule has 3 atom stereocenters. The molecule has 2 aliphatic carbocycles. The Hall–Kier alpha value is -0.980. The Bertz CT molecular complexity index is 524. The summed E-state index contributed by atoms with van der Waals surface area (Å²) in [6, 6.07) is -0.344. The fraction of sp³-hybridized carbons (Fsp3) is 0.909. The summed E-state index contributed by atoms with van der Waals surface area (Å²) < 4.78 is 0. The zero-order chi connectivity index (χ0) is 20.8. The molecule has 0 aliphatic heterocycles. The first-order valence-corrected chi connectivity index (χ1v) is 11.2. The number of rotatable bonds is 10. The van der Waals surface area contributed by atoms with E-state index in [4.69, 9.17) is 10.8 Å². The molecule has 0 radical (unpaired) electrons. The van der Waals surface area contributed by atoms with Gasteiger partial charge in [-0.05, 0) is 72.3 Å². The van der Waals surface area contributed by atoms with Gasteiger partial charge in [0.25, 0.3) is 0 Å². The van der Waals surface area contributed by atoms with Gasteiger partial charge in [-0.25, -0.2) is 0 Å². The summed E-state index contributed by atoms with van der Waals surface area (Å²) in [4.78, 5) is 24.3. The predicted octanol–water partition coefficient (Wildman–Crippen LogP) is 2.99. The van der Waals surface area contributed by atoms with Crippen molar-refractivity contribution >= 4 is 11.8 Å². The topological polar surface area (TPSA) is 104 Å². The van der Waals surface area contributed by atoms with E-state index in [0.717, 1.165) is 64.3 Å². The molecule has 0 amide bonds. The molecule has 28 heavy (non-hydrogen) atoms. The number of carboxylic acid groups (broad SMARTS) is 1. The molecule has 0 spiro atoms. The number of aliphatic carboxylic acids is 1. The van der Waals surface area contributed by atoms with Crippen molar-refractivity contribution in [1.29, 1.82) is 0 Å². The van der Waals surface area contributed by atoms with Crippen LogP contribution >= 0.6 is 0 Å². The fourth-order valence-electron chi connectivity index (χ4n) is 4.96. The van der Waals surface area contributed by atoms with E-state index in [9.17, 15) is 9.59 Å². The summed E-state index contributed by atoms with van der Waals surface area (Å²) in [6.45, 7) is 7.31. The lowest BCUT2D eigenvalue weighted by Crippen LogP contribution is -2.55. The maximum absolute atomic E-state index is 13.5. The van der Waals surface area contributed by atoms with Crippen LogP contribution in [-0.4, -0.2) is 46.6 Å². The van der Waals surface area contributed by atoms with Gasteiger partial charge in [0.2, 0.25) is 0 Å². The van der Waals surface area contributed by atoms with Crippen molar-refractivity contribution in [2.75, 3.05) is 6.54 Å². The van der Waals surface area contributed by atoms with Crippen LogP contribution in [0.5, 0.6) is 0 Å². The van der Waals surface area contributed by atoms with Crippen molar-refractivity contribution in [2.24, 2.45) is 11.7 Å². The van der Waals surface area contributed by atoms with Crippen LogP contribution in [0.15, 0.2) is 0 Å². The van der Waals surface area contributed by atoms with Crippen LogP contribution < -0.4 is 16.4 Å². The third-order valence-corrected chi connectivity index (χ3v) is 6.34. The minimum Gasteiger partial charge on any atom is -0.480 e. The molecule has 5 N–H and O–H groups in total. The van der Waals surface area contributed by atoms with Gasteiger partial charge in [0.1, 0.15) is 6.04 Å². The Morgan fingerprint density at radius 3 is 2.43 bits per heavy atom. The second-order valence-electron chi connectivity index (χ2n) is 9.98. The van der Waals surface area contributed by atoms with E-state index in [1.165, 1.54) is 6.42 Å². The number of nitrogens with one attached hydrogen (secondary N) is 2. The average molecular weight is 396 g/mol. The summed E-state index contributed by atoms with van der Waals surface area (Å²) in [5.74, 6) is -0.356. The minimum absolute atomic E-state index is 0.0835. The van der Waals surface area contributed by atoms with Crippen molar-refractivity contribution in [3.63, 3.8) is 0 Å². The van der Waals surface area contributed by atoms with Crippen LogP contribution in [-0.2, 0) is 9.59 Å². The highest BCUT2D eigenvalue weighted by Gasteiger charge is 2.44. The highest BCUT2D eigenvalue weighted by Crippen LogP contribution is 2.37. The normalized spacial score (nSPS) is 26.1. The molecule has 0 unspecified atom stereocenters. The van der Waals surface area contributed by atoms with Gasteiger partial charge in [0, 0.05) is 17.5 Å². The quantitative estimate of drug-likeness (QED) is 0.424. The first kappa shape index (κ1) is 23.3. The molecular weight excluding hydrogens is 354 g/mol. The number of unbranched alkanes of at least 4 members (excludes halogenated alkanes) is 1. The number of Topliss-reactive ketones (excluding diaryl/α,β-unsaturated/α-hetero) is 1. The monoisotopic (exact) mass is 395 g/mol. The van der Waals surface area contributed by atoms with E-state index in [2.05, 4.69) is 31.4 Å². The Balaban J connectivity index is 1.87. The summed E-state index contributed by atoms with van der Waals surface area (Å²) in [7, 11) is 0. The lowest BCUT2D eigenvalue weighted by atomic mass is 9.74. The van der Waals surface area contributed by atoms with E-state index in [1.54, 1.807) is 0 Å². The maximum Gasteiger partial charge on any atom is 0.320 e. The zero-order valence-corrected chi connectivity index (χ0v) is 18.1. The van der Waals surface area contributed by atoms with Gasteiger partial charge in [0.15, 0.2) is 5.78 Å². The number of carbonyl (C=O) groups is 2. The van der Waals surface area contributed by atoms with Crippen molar-refractivity contribution in [1.82, 2.24) is 10.6 Å². The van der Waals surface area contributed by atoms with Gasteiger partial charge in [-0.2, -0.15) is 0 Å². The number of carboxylic acids is 1. The molecular formula is C22H41N3O3. The number of hydrogen-bond donors (Lipinski definition) is 4. The van der Waals surface area contributed by atoms with E-state index in [0.29, 0.717) is 18.2 Å². The second-order valence-corrected chi connectivity index (χ2v) is 9.98. The van der Waals surface area contributed by atoms with Crippen LogP contribution in [0.1, 0.15) is 91.4 Å². The molecule has 6 nitrogen and oxygen atoms in total. The summed E-state index contributed by atoms with van der Waals surface area (Å²) in [5, 5.41) is 16.2. The Morgan fingerprint density at radius 1 is 1.14 bits per heavy atom. The Morgan fingerprint density at radius 2 is 1.82 bits per heavy atom. The predicted molar refractivity (Wildman–Crippen MR) is 112 cm³/mol. The van der Waals surface area contributed by atoms with Crippen LogP contribution in [0, 0.1) is 5.92 Å². The summed E-state index contributed by atoms with van der Waals surface area (Å²) in [6.07, 6.45) is 10.4. The minimum atomic E-state index is -0.938. The van der Waals surface area contributed by atoms with Gasteiger partial charge < -0.3 is 21.5 Å². The van der Waals surface area contributed by atoms with Gasteiger partial charge in [-0.3, -0.25) is 9.59 Å². The highest BCUT2D eigenvalue weighted by atomic mass is 16.4. The smallest absolute Gasteiger partial charge is 0.320 e. The zero-order valence-electron chi connectivity index (χ0n) is 18.1. The molecule has 2 fully saturated rings. The molecule has 0 aromatic heterocycles. The summed E-state index contributed by atoms with van der Waals surface area (Å²) >= 11 is 0. The molecule has 0 bridgehead atoms. The first-order chi connectivity index (χ1) is 13.1. The second kappa shape index (κ2) is 10.2. The molecule has 162 valence electrons. The van der Waals surface area contributed by atoms with E-state index < -0.39 is 12.0 Å². The number of carbonyl (C=O) groups excluding carboxylic acids is 1. The molecule has 6 heteroatoms. The number of hydrogen-bond acceptors (Lipinski definition) is 5. The van der Waals surface area contributed by atoms with Gasteiger partial charge in [0.05, 0.1) is 5.54 Å². The standard InChI is InChI=1S/C22H41N3O3/c1-21(2,3)25-17-11-10-16(15-17)19(26)22(12-6-4-7-13-22)24-14-8-5-9-18(23)20(27)28/h16-18,24-25H,4-15,23H2,1-3H3,(H,27,28)/t16-,17+,18+/m1/s1. The average Bonchev–Trinajstić information content (AvgIpc) is 3.07. The Labute approximate surface area is 170 Å². The third-order valence-electron chi connectivity index (χ3n) is 6.34. The van der Waals surface area contributed by atoms with E-state index >= 15 is 0 Å². The van der Waals surface area contributed by atoms with Gasteiger partial charge in [-0.15, -0.1) is 0 Å². The van der Waals surface area contributed by atoms with Crippen LogP contribution in [0.25, 0.3) is 0 Å². The maximum atomic E-state index is 13.5. The van der Waals surface area contributed by atoms with Gasteiger partial charge in [-0.1, -0.05) is 25.7 Å². The largest absolute Gasteiger partial charge is 0.480 e. The van der Waals surface area contributed by atoms with Crippen LogP contribution in [0.3, 0.4) is 0 Å². The first-order valence-electron chi connectivity index (χ1n) is 11.2. The van der Waals surface area contributed by atoms with Crippen molar-refractivity contribution in [3.05, 3.63) is 0 Å². The van der Waals surface area contributed by atoms with Crippen LogP contribution in [0.2, 0.25) is 0 Å². The highest BCUT2D eigenvalue weighted by molar-refractivity contribution is 5.91. The van der Waals surface area contributed by atoms with Crippen molar-refractivity contribution < 1.29 is 14.7 Å². The molecule has 0 heterocycles. The van der Waals surface area contributed by atoms with Gasteiger partial charge >= 0.3 is 5.97 Å². The molecule has 0 saturated heterocycles. The van der Waals surface area contributed by atoms with E-state index in [-0.39, 0.29) is 17.0 Å². The van der Waals surface area contributed by atoms with Crippen LogP contribution in [0.4, 0.5) is 0 Å². The molecule has 0 aromatic carbocycles. The fourth-order valence-corrected chi connectivity index (χ4v) is 4.96. The van der Waals surface area contributed by atoms with Crippen molar-refractivity contribution in [2.45, 2.75) is 115 Å². The lowest BCUT2D eigenvalue weighted by Gasteiger charge is -2.39. The molecule has 2 aliphatic rings. The number of nitrogens with two attached hydrogens (primary N) is 1. The molecule has 2 rings (SSSR count). The summed E-state index contributed by atoms with van der Waals surface area (Å²) in [5.41, 5.74) is 5.29. The molecule has 0 aromatic rings. The Kier molecular flexibility index (Phi) is 8.46. The lowest BCUT2D eigenvalue weighted by molar-refractivity contribution is -0.138. The SMILES string of the molecule is CC(C)(C)N[C@H]1CC[C@@H](C(=O)C2(NCCCC[C@H](N)C(=O)O)CCCCC2)C1. The van der Waals surface area contributed by atoms with E-state index in [1.807, 2.05) is 0 Å². The number of ketones is 1. The third kappa shape index (κ3) is 6.82. The molecule has 2 saturated carbocycles. The van der Waals surface area contributed by atoms with Crippen molar-refractivity contribution in [3.8, 4) is 0 Å².